The summed E-state index contributed by atoms with van der Waals surface area (Å²) in [5.41, 5.74) is 0.741. The van der Waals surface area contributed by atoms with E-state index in [1.807, 2.05) is 18.7 Å². The van der Waals surface area contributed by atoms with E-state index in [9.17, 15) is 9.59 Å². The summed E-state index contributed by atoms with van der Waals surface area (Å²) in [4.78, 5) is 32.9. The van der Waals surface area contributed by atoms with Gasteiger partial charge >= 0.3 is 0 Å². The third kappa shape index (κ3) is 2.56. The van der Waals surface area contributed by atoms with Gasteiger partial charge in [0, 0.05) is 19.6 Å². The van der Waals surface area contributed by atoms with Crippen LogP contribution in [0, 0.1) is 6.92 Å². The Morgan fingerprint density at radius 3 is 2.59 bits per heavy atom. The molecule has 5 nitrogen and oxygen atoms in total. The SMILES string of the molecule is CCn1cnc2sc(C(=O)N3CCCCCC3)c(C)c2c1=O. The van der Waals surface area contributed by atoms with Crippen molar-refractivity contribution >= 4 is 27.5 Å². The first-order chi connectivity index (χ1) is 10.6. The molecule has 3 heterocycles. The maximum Gasteiger partial charge on any atom is 0.264 e. The molecule has 0 aliphatic carbocycles. The van der Waals surface area contributed by atoms with Gasteiger partial charge in [0.25, 0.3) is 11.5 Å². The molecule has 0 aromatic carbocycles. The van der Waals surface area contributed by atoms with Crippen LogP contribution in [0.15, 0.2) is 11.1 Å². The van der Waals surface area contributed by atoms with Crippen molar-refractivity contribution in [1.82, 2.24) is 14.5 Å². The number of fused-ring (bicyclic) bond motifs is 1. The van der Waals surface area contributed by atoms with Gasteiger partial charge in [-0.1, -0.05) is 12.8 Å². The molecule has 0 unspecified atom stereocenters. The van der Waals surface area contributed by atoms with E-state index in [0.29, 0.717) is 21.6 Å². The summed E-state index contributed by atoms with van der Waals surface area (Å²) >= 11 is 1.35. The Labute approximate surface area is 133 Å². The van der Waals surface area contributed by atoms with Gasteiger partial charge in [-0.2, -0.15) is 0 Å². The average molecular weight is 319 g/mol. The van der Waals surface area contributed by atoms with Crippen molar-refractivity contribution in [1.29, 1.82) is 0 Å². The van der Waals surface area contributed by atoms with Crippen LogP contribution in [0.1, 0.15) is 47.8 Å². The number of thiophene rings is 1. The van der Waals surface area contributed by atoms with Crippen LogP contribution in [0.2, 0.25) is 0 Å². The molecule has 2 aromatic rings. The number of aromatic nitrogens is 2. The van der Waals surface area contributed by atoms with Crippen LogP contribution in [-0.4, -0.2) is 33.4 Å². The Kier molecular flexibility index (Phi) is 4.29. The van der Waals surface area contributed by atoms with Crippen molar-refractivity contribution in [3.05, 3.63) is 27.1 Å². The molecule has 0 N–H and O–H groups in total. The van der Waals surface area contributed by atoms with Gasteiger partial charge in [-0.25, -0.2) is 4.98 Å². The quantitative estimate of drug-likeness (QED) is 0.855. The summed E-state index contributed by atoms with van der Waals surface area (Å²) in [7, 11) is 0. The summed E-state index contributed by atoms with van der Waals surface area (Å²) in [5, 5.41) is 0.604. The average Bonchev–Trinajstić information content (AvgIpc) is 2.70. The molecular formula is C16H21N3O2S. The number of carbonyl (C=O) groups excluding carboxylic acids is 1. The van der Waals surface area contributed by atoms with E-state index in [4.69, 9.17) is 0 Å². The second-order valence-electron chi connectivity index (χ2n) is 5.78. The van der Waals surface area contributed by atoms with Gasteiger partial charge in [-0.05, 0) is 32.3 Å². The number of amides is 1. The molecule has 3 rings (SSSR count). The fourth-order valence-electron chi connectivity index (χ4n) is 3.01. The highest BCUT2D eigenvalue weighted by Crippen LogP contribution is 2.28. The van der Waals surface area contributed by atoms with Gasteiger partial charge in [0.15, 0.2) is 0 Å². The number of carbonyl (C=O) groups is 1. The zero-order valence-electron chi connectivity index (χ0n) is 13.1. The fraction of sp³-hybridized carbons (Fsp3) is 0.562. The van der Waals surface area contributed by atoms with Crippen LogP contribution in [-0.2, 0) is 6.54 Å². The summed E-state index contributed by atoms with van der Waals surface area (Å²) in [6.07, 6.45) is 6.09. The summed E-state index contributed by atoms with van der Waals surface area (Å²) < 4.78 is 1.59. The molecule has 0 saturated carbocycles. The minimum atomic E-state index is -0.0452. The summed E-state index contributed by atoms with van der Waals surface area (Å²) in [6, 6.07) is 0. The molecule has 6 heteroatoms. The maximum absolute atomic E-state index is 12.8. The molecule has 0 spiro atoms. The molecular weight excluding hydrogens is 298 g/mol. The minimum Gasteiger partial charge on any atom is -0.338 e. The predicted molar refractivity (Wildman–Crippen MR) is 88.7 cm³/mol. The highest BCUT2D eigenvalue weighted by molar-refractivity contribution is 7.20. The number of aryl methyl sites for hydroxylation is 2. The largest absolute Gasteiger partial charge is 0.338 e. The number of rotatable bonds is 2. The smallest absolute Gasteiger partial charge is 0.264 e. The van der Waals surface area contributed by atoms with E-state index in [0.717, 1.165) is 31.5 Å². The van der Waals surface area contributed by atoms with Crippen molar-refractivity contribution < 1.29 is 4.79 Å². The first-order valence-corrected chi connectivity index (χ1v) is 8.73. The molecule has 22 heavy (non-hydrogen) atoms. The second-order valence-corrected chi connectivity index (χ2v) is 6.78. The van der Waals surface area contributed by atoms with Crippen LogP contribution in [0.3, 0.4) is 0 Å². The standard InChI is InChI=1S/C16H21N3O2S/c1-3-18-10-17-14-12(15(18)20)11(2)13(22-14)16(21)19-8-6-4-5-7-9-19/h10H,3-9H2,1-2H3. The topological polar surface area (TPSA) is 55.2 Å². The monoisotopic (exact) mass is 319 g/mol. The molecule has 0 radical (unpaired) electrons. The van der Waals surface area contributed by atoms with E-state index in [-0.39, 0.29) is 11.5 Å². The number of nitrogens with zero attached hydrogens (tertiary/aromatic N) is 3. The van der Waals surface area contributed by atoms with Gasteiger partial charge in [0.05, 0.1) is 16.6 Å². The van der Waals surface area contributed by atoms with Crippen LogP contribution in [0.4, 0.5) is 0 Å². The molecule has 1 amide bonds. The van der Waals surface area contributed by atoms with Crippen molar-refractivity contribution in [3.8, 4) is 0 Å². The van der Waals surface area contributed by atoms with Crippen molar-refractivity contribution in [3.63, 3.8) is 0 Å². The lowest BCUT2D eigenvalue weighted by Crippen LogP contribution is -2.31. The lowest BCUT2D eigenvalue weighted by Gasteiger charge is -2.19. The summed E-state index contributed by atoms with van der Waals surface area (Å²) in [6.45, 7) is 6.01. The Bertz CT molecular complexity index is 755. The van der Waals surface area contributed by atoms with Crippen LogP contribution >= 0.6 is 11.3 Å². The van der Waals surface area contributed by atoms with Gasteiger partial charge in [0.2, 0.25) is 0 Å². The maximum atomic E-state index is 12.8. The van der Waals surface area contributed by atoms with Crippen molar-refractivity contribution in [2.24, 2.45) is 0 Å². The molecule has 0 atom stereocenters. The van der Waals surface area contributed by atoms with E-state index in [1.165, 1.54) is 24.2 Å². The molecule has 118 valence electrons. The fourth-order valence-corrected chi connectivity index (χ4v) is 4.11. The van der Waals surface area contributed by atoms with Crippen molar-refractivity contribution in [2.45, 2.75) is 46.1 Å². The van der Waals surface area contributed by atoms with Gasteiger partial charge in [-0.15, -0.1) is 11.3 Å². The lowest BCUT2D eigenvalue weighted by atomic mass is 10.2. The Balaban J connectivity index is 2.04. The molecule has 1 aliphatic rings. The van der Waals surface area contributed by atoms with E-state index < -0.39 is 0 Å². The number of hydrogen-bond acceptors (Lipinski definition) is 4. The first kappa shape index (κ1) is 15.2. The zero-order chi connectivity index (χ0) is 15.7. The van der Waals surface area contributed by atoms with Crippen LogP contribution in [0.25, 0.3) is 10.2 Å². The highest BCUT2D eigenvalue weighted by atomic mass is 32.1. The van der Waals surface area contributed by atoms with Gasteiger partial charge in [-0.3, -0.25) is 14.2 Å². The van der Waals surface area contributed by atoms with Crippen LogP contribution in [0.5, 0.6) is 0 Å². The van der Waals surface area contributed by atoms with Gasteiger partial charge < -0.3 is 4.90 Å². The Hall–Kier alpha value is -1.69. The normalized spacial score (nSPS) is 16.0. The number of hydrogen-bond donors (Lipinski definition) is 0. The second kappa shape index (κ2) is 6.20. The Morgan fingerprint density at radius 1 is 1.27 bits per heavy atom. The first-order valence-electron chi connectivity index (χ1n) is 7.91. The molecule has 1 saturated heterocycles. The predicted octanol–water partition coefficient (Wildman–Crippen LogP) is 2.80. The molecule has 0 bridgehead atoms. The van der Waals surface area contributed by atoms with Crippen molar-refractivity contribution in [2.75, 3.05) is 13.1 Å². The van der Waals surface area contributed by atoms with E-state index >= 15 is 0 Å². The molecule has 2 aromatic heterocycles. The third-order valence-electron chi connectivity index (χ3n) is 4.35. The Morgan fingerprint density at radius 2 is 1.95 bits per heavy atom. The highest BCUT2D eigenvalue weighted by Gasteiger charge is 2.24. The third-order valence-corrected chi connectivity index (χ3v) is 5.53. The molecule has 1 fully saturated rings. The van der Waals surface area contributed by atoms with E-state index in [1.54, 1.807) is 10.9 Å². The van der Waals surface area contributed by atoms with E-state index in [2.05, 4.69) is 4.98 Å². The number of likely N-dealkylation sites (tertiary alicyclic amines) is 1. The summed E-state index contributed by atoms with van der Waals surface area (Å²) in [5.74, 6) is 0.0600. The van der Waals surface area contributed by atoms with Crippen LogP contribution < -0.4 is 5.56 Å². The lowest BCUT2D eigenvalue weighted by molar-refractivity contribution is 0.0766. The minimum absolute atomic E-state index is 0.0452. The molecule has 1 aliphatic heterocycles. The zero-order valence-corrected chi connectivity index (χ0v) is 13.9. The van der Waals surface area contributed by atoms with Gasteiger partial charge in [0.1, 0.15) is 4.83 Å².